The van der Waals surface area contributed by atoms with Gasteiger partial charge in [0.1, 0.15) is 0 Å². The lowest BCUT2D eigenvalue weighted by Gasteiger charge is -2.36. The Labute approximate surface area is 132 Å². The lowest BCUT2D eigenvalue weighted by Crippen LogP contribution is -2.45. The van der Waals surface area contributed by atoms with Gasteiger partial charge in [-0.25, -0.2) is 4.79 Å². The maximum Gasteiger partial charge on any atom is 0.317 e. The first-order chi connectivity index (χ1) is 9.90. The zero-order valence-electron chi connectivity index (χ0n) is 11.5. The van der Waals surface area contributed by atoms with Crippen LogP contribution in [0.3, 0.4) is 0 Å². The van der Waals surface area contributed by atoms with Crippen LogP contribution in [0.1, 0.15) is 30.5 Å². The van der Waals surface area contributed by atoms with E-state index in [1.54, 1.807) is 11.0 Å². The highest BCUT2D eigenvalue weighted by atomic mass is 35.5. The van der Waals surface area contributed by atoms with Crippen LogP contribution in [0.5, 0.6) is 0 Å². The minimum absolute atomic E-state index is 0.0963. The van der Waals surface area contributed by atoms with Crippen LogP contribution in [0.4, 0.5) is 4.79 Å². The van der Waals surface area contributed by atoms with Crippen LogP contribution < -0.4 is 5.32 Å². The molecule has 0 saturated heterocycles. The minimum atomic E-state index is -0.940. The van der Waals surface area contributed by atoms with Crippen LogP contribution in [0.25, 0.3) is 0 Å². The number of nitrogens with one attached hydrogen (secondary N) is 1. The fourth-order valence-electron chi connectivity index (χ4n) is 2.56. The van der Waals surface area contributed by atoms with Gasteiger partial charge in [-0.3, -0.25) is 4.79 Å². The number of hydrogen-bond acceptors (Lipinski definition) is 2. The smallest absolute Gasteiger partial charge is 0.317 e. The Morgan fingerprint density at radius 3 is 2.81 bits per heavy atom. The van der Waals surface area contributed by atoms with Crippen molar-refractivity contribution in [2.24, 2.45) is 0 Å². The Hall–Kier alpha value is -1.46. The molecule has 7 heteroatoms. The molecule has 1 aliphatic rings. The lowest BCUT2D eigenvalue weighted by molar-refractivity contribution is -0.136. The van der Waals surface area contributed by atoms with Crippen LogP contribution in [0.2, 0.25) is 10.0 Å². The second-order valence-electron chi connectivity index (χ2n) is 4.96. The predicted octanol–water partition coefficient (Wildman–Crippen LogP) is 3.10. The molecule has 0 bridgehead atoms. The number of carboxylic acids is 1. The first-order valence-corrected chi connectivity index (χ1v) is 7.40. The number of hydrogen-bond donors (Lipinski definition) is 2. The molecule has 2 amide bonds. The number of carboxylic acid groups (broad SMARTS) is 1. The SMILES string of the molecule is CC1c2c(Cl)cc(Cl)cc2CCN1C(=O)NCCC(=O)O. The first kappa shape index (κ1) is 15.9. The van der Waals surface area contributed by atoms with Gasteiger partial charge in [-0.15, -0.1) is 0 Å². The molecule has 0 aliphatic carbocycles. The number of fused-ring (bicyclic) bond motifs is 1. The summed E-state index contributed by atoms with van der Waals surface area (Å²) in [5.74, 6) is -0.940. The number of carbonyl (C=O) groups is 2. The van der Waals surface area contributed by atoms with Gasteiger partial charge in [0, 0.05) is 23.1 Å². The summed E-state index contributed by atoms with van der Waals surface area (Å²) in [6.07, 6.45) is 0.577. The third-order valence-corrected chi connectivity index (χ3v) is 4.09. The Bertz CT molecular complexity index is 578. The van der Waals surface area contributed by atoms with E-state index in [1.807, 2.05) is 13.0 Å². The van der Waals surface area contributed by atoms with E-state index < -0.39 is 5.97 Å². The normalized spacial score (nSPS) is 17.3. The van der Waals surface area contributed by atoms with Crippen molar-refractivity contribution in [3.8, 4) is 0 Å². The molecule has 1 heterocycles. The maximum atomic E-state index is 12.1. The van der Waals surface area contributed by atoms with E-state index in [-0.39, 0.29) is 25.0 Å². The van der Waals surface area contributed by atoms with Gasteiger partial charge >= 0.3 is 12.0 Å². The molecule has 0 fully saturated rings. The van der Waals surface area contributed by atoms with E-state index >= 15 is 0 Å². The topological polar surface area (TPSA) is 69.6 Å². The van der Waals surface area contributed by atoms with E-state index in [0.717, 1.165) is 11.1 Å². The van der Waals surface area contributed by atoms with Crippen molar-refractivity contribution < 1.29 is 14.7 Å². The molecule has 2 N–H and O–H groups in total. The largest absolute Gasteiger partial charge is 0.481 e. The summed E-state index contributed by atoms with van der Waals surface area (Å²) < 4.78 is 0. The summed E-state index contributed by atoms with van der Waals surface area (Å²) in [6.45, 7) is 2.55. The van der Waals surface area contributed by atoms with Crippen molar-refractivity contribution >= 4 is 35.2 Å². The summed E-state index contributed by atoms with van der Waals surface area (Å²) in [6, 6.07) is 3.09. The van der Waals surface area contributed by atoms with E-state index in [1.165, 1.54) is 0 Å². The molecule has 0 aromatic heterocycles. The third-order valence-electron chi connectivity index (χ3n) is 3.56. The fraction of sp³-hybridized carbons (Fsp3) is 0.429. The van der Waals surface area contributed by atoms with Crippen molar-refractivity contribution in [2.75, 3.05) is 13.1 Å². The molecule has 2 rings (SSSR count). The van der Waals surface area contributed by atoms with Gasteiger partial charge in [0.05, 0.1) is 12.5 Å². The van der Waals surface area contributed by atoms with Crippen molar-refractivity contribution in [1.29, 1.82) is 0 Å². The quantitative estimate of drug-likeness (QED) is 0.894. The Morgan fingerprint density at radius 1 is 1.43 bits per heavy atom. The fourth-order valence-corrected chi connectivity index (χ4v) is 3.25. The van der Waals surface area contributed by atoms with Crippen LogP contribution in [0.15, 0.2) is 12.1 Å². The second-order valence-corrected chi connectivity index (χ2v) is 5.80. The maximum absolute atomic E-state index is 12.1. The Kier molecular flexibility index (Phi) is 4.96. The summed E-state index contributed by atoms with van der Waals surface area (Å²) in [5, 5.41) is 12.3. The molecule has 0 radical (unpaired) electrons. The van der Waals surface area contributed by atoms with Gasteiger partial charge in [0.25, 0.3) is 0 Å². The van der Waals surface area contributed by atoms with Crippen LogP contribution >= 0.6 is 23.2 Å². The Balaban J connectivity index is 2.11. The van der Waals surface area contributed by atoms with Crippen molar-refractivity contribution in [2.45, 2.75) is 25.8 Å². The average molecular weight is 331 g/mol. The van der Waals surface area contributed by atoms with Gasteiger partial charge in [-0.05, 0) is 36.6 Å². The minimum Gasteiger partial charge on any atom is -0.481 e. The van der Waals surface area contributed by atoms with Gasteiger partial charge in [0.15, 0.2) is 0 Å². The van der Waals surface area contributed by atoms with Crippen molar-refractivity contribution in [3.05, 3.63) is 33.3 Å². The molecule has 5 nitrogen and oxygen atoms in total. The highest BCUT2D eigenvalue weighted by Crippen LogP contribution is 2.36. The van der Waals surface area contributed by atoms with Crippen LogP contribution in [0, 0.1) is 0 Å². The summed E-state index contributed by atoms with van der Waals surface area (Å²) in [5.41, 5.74) is 1.95. The Morgan fingerprint density at radius 2 is 2.14 bits per heavy atom. The van der Waals surface area contributed by atoms with E-state index in [2.05, 4.69) is 5.32 Å². The van der Waals surface area contributed by atoms with E-state index in [4.69, 9.17) is 28.3 Å². The summed E-state index contributed by atoms with van der Waals surface area (Å²) in [4.78, 5) is 24.3. The molecule has 21 heavy (non-hydrogen) atoms. The third kappa shape index (κ3) is 3.60. The van der Waals surface area contributed by atoms with Crippen LogP contribution in [-0.4, -0.2) is 35.1 Å². The molecule has 1 aromatic rings. The molecule has 1 aliphatic heterocycles. The average Bonchev–Trinajstić information content (AvgIpc) is 2.37. The highest BCUT2D eigenvalue weighted by Gasteiger charge is 2.29. The number of carbonyl (C=O) groups excluding carboxylic acids is 1. The molecule has 1 aromatic carbocycles. The van der Waals surface area contributed by atoms with E-state index in [0.29, 0.717) is 23.0 Å². The standard InChI is InChI=1S/C14H16Cl2N2O3/c1-8-13-9(6-10(15)7-11(13)16)3-5-18(8)14(21)17-4-2-12(19)20/h6-8H,2-5H2,1H3,(H,17,21)(H,19,20). The molecule has 1 unspecified atom stereocenters. The zero-order chi connectivity index (χ0) is 15.6. The van der Waals surface area contributed by atoms with E-state index in [9.17, 15) is 9.59 Å². The molecule has 114 valence electrons. The number of nitrogens with zero attached hydrogens (tertiary/aromatic N) is 1. The summed E-state index contributed by atoms with van der Waals surface area (Å²) in [7, 11) is 0. The van der Waals surface area contributed by atoms with Gasteiger partial charge in [0.2, 0.25) is 0 Å². The second kappa shape index (κ2) is 6.54. The van der Waals surface area contributed by atoms with Gasteiger partial charge in [-0.2, -0.15) is 0 Å². The molecule has 1 atom stereocenters. The summed E-state index contributed by atoms with van der Waals surface area (Å²) >= 11 is 12.2. The number of halogens is 2. The number of benzene rings is 1. The number of amides is 2. The molecule has 0 spiro atoms. The van der Waals surface area contributed by atoms with Gasteiger partial charge < -0.3 is 15.3 Å². The lowest BCUT2D eigenvalue weighted by atomic mass is 9.94. The number of aliphatic carboxylic acids is 1. The molecular weight excluding hydrogens is 315 g/mol. The highest BCUT2D eigenvalue weighted by molar-refractivity contribution is 6.35. The number of urea groups is 1. The van der Waals surface area contributed by atoms with Crippen molar-refractivity contribution in [3.63, 3.8) is 0 Å². The number of rotatable bonds is 3. The van der Waals surface area contributed by atoms with Gasteiger partial charge in [-0.1, -0.05) is 23.2 Å². The van der Waals surface area contributed by atoms with Crippen molar-refractivity contribution in [1.82, 2.24) is 10.2 Å². The predicted molar refractivity (Wildman–Crippen MR) is 80.9 cm³/mol. The molecular formula is C14H16Cl2N2O3. The zero-order valence-corrected chi connectivity index (χ0v) is 13.0. The monoisotopic (exact) mass is 330 g/mol. The first-order valence-electron chi connectivity index (χ1n) is 6.64. The molecule has 0 saturated carbocycles. The van der Waals surface area contributed by atoms with Crippen LogP contribution in [-0.2, 0) is 11.2 Å².